The molecule has 0 saturated carbocycles. The number of amides is 1. The van der Waals surface area contributed by atoms with Gasteiger partial charge in [-0.1, -0.05) is 0 Å². The van der Waals surface area contributed by atoms with Crippen LogP contribution in [-0.4, -0.2) is 69.9 Å². The topological polar surface area (TPSA) is 111 Å². The molecule has 0 aliphatic carbocycles. The van der Waals surface area contributed by atoms with Crippen LogP contribution in [0.3, 0.4) is 0 Å². The Balaban J connectivity index is 1.25. The highest BCUT2D eigenvalue weighted by molar-refractivity contribution is 7.92. The highest BCUT2D eigenvalue weighted by atomic mass is 32.2. The first-order chi connectivity index (χ1) is 16.8. The zero-order valence-electron chi connectivity index (χ0n) is 19.7. The van der Waals surface area contributed by atoms with Crippen LogP contribution in [0.2, 0.25) is 0 Å². The van der Waals surface area contributed by atoms with E-state index in [-0.39, 0.29) is 12.1 Å². The van der Waals surface area contributed by atoms with Gasteiger partial charge in [0, 0.05) is 56.6 Å². The zero-order valence-corrected chi connectivity index (χ0v) is 20.6. The molecule has 5 rings (SSSR count). The summed E-state index contributed by atoms with van der Waals surface area (Å²) < 4.78 is 32.7. The van der Waals surface area contributed by atoms with E-state index in [1.807, 2.05) is 12.1 Å². The summed E-state index contributed by atoms with van der Waals surface area (Å²) in [6.07, 6.45) is 8.34. The first kappa shape index (κ1) is 23.3. The average molecular weight is 497 g/mol. The molecular formula is C24H28N6O4S. The Bertz CT molecular complexity index is 1320. The van der Waals surface area contributed by atoms with Crippen LogP contribution in [0, 0.1) is 0 Å². The van der Waals surface area contributed by atoms with Gasteiger partial charge in [-0.3, -0.25) is 4.57 Å². The van der Waals surface area contributed by atoms with Crippen molar-refractivity contribution in [2.24, 2.45) is 0 Å². The lowest BCUT2D eigenvalue weighted by Crippen LogP contribution is -2.43. The number of fused-ring (bicyclic) bond motifs is 1. The van der Waals surface area contributed by atoms with Gasteiger partial charge in [0.2, 0.25) is 5.88 Å². The van der Waals surface area contributed by atoms with Crippen molar-refractivity contribution in [1.82, 2.24) is 24.4 Å². The van der Waals surface area contributed by atoms with Crippen LogP contribution in [0.5, 0.6) is 5.88 Å². The van der Waals surface area contributed by atoms with Crippen molar-refractivity contribution in [1.29, 1.82) is 0 Å². The second-order valence-electron chi connectivity index (χ2n) is 9.06. The minimum atomic E-state index is -3.32. The molecule has 2 aromatic heterocycles. The van der Waals surface area contributed by atoms with Crippen LogP contribution in [0.25, 0.3) is 0 Å². The Morgan fingerprint density at radius 1 is 1.11 bits per heavy atom. The number of imidazole rings is 1. The molecule has 184 valence electrons. The molecule has 0 radical (unpaired) electrons. The van der Waals surface area contributed by atoms with Crippen molar-refractivity contribution in [2.75, 3.05) is 24.5 Å². The quantitative estimate of drug-likeness (QED) is 0.530. The van der Waals surface area contributed by atoms with Crippen LogP contribution in [0.1, 0.15) is 32.3 Å². The molecule has 0 N–H and O–H groups in total. The molecule has 4 heterocycles. The Labute approximate surface area is 204 Å². The van der Waals surface area contributed by atoms with Gasteiger partial charge >= 0.3 is 6.03 Å². The largest absolute Gasteiger partial charge is 0.474 e. The lowest BCUT2D eigenvalue weighted by molar-refractivity contribution is 0.108. The van der Waals surface area contributed by atoms with E-state index in [0.29, 0.717) is 49.1 Å². The zero-order chi connectivity index (χ0) is 24.6. The van der Waals surface area contributed by atoms with Gasteiger partial charge in [-0.15, -0.1) is 0 Å². The summed E-state index contributed by atoms with van der Waals surface area (Å²) in [7, 11) is -3.32. The van der Waals surface area contributed by atoms with E-state index < -0.39 is 15.1 Å². The number of rotatable bonds is 5. The molecule has 1 amide bonds. The summed E-state index contributed by atoms with van der Waals surface area (Å²) in [5, 5.41) is -0.462. The molecule has 10 nitrogen and oxygen atoms in total. The summed E-state index contributed by atoms with van der Waals surface area (Å²) >= 11 is 0. The van der Waals surface area contributed by atoms with Crippen LogP contribution in [0.15, 0.2) is 54.2 Å². The van der Waals surface area contributed by atoms with Gasteiger partial charge in [-0.05, 0) is 44.0 Å². The maximum absolute atomic E-state index is 12.6. The fourth-order valence-corrected chi connectivity index (χ4v) is 5.59. The maximum Gasteiger partial charge on any atom is 0.329 e. The number of ether oxygens (including phenoxy) is 1. The van der Waals surface area contributed by atoms with Crippen LogP contribution in [0.4, 0.5) is 16.3 Å². The van der Waals surface area contributed by atoms with E-state index in [2.05, 4.69) is 19.9 Å². The first-order valence-corrected chi connectivity index (χ1v) is 13.3. The highest BCUT2D eigenvalue weighted by Crippen LogP contribution is 2.36. The van der Waals surface area contributed by atoms with Gasteiger partial charge in [0.05, 0.1) is 10.1 Å². The van der Waals surface area contributed by atoms with E-state index >= 15 is 0 Å². The van der Waals surface area contributed by atoms with Crippen molar-refractivity contribution in [3.63, 3.8) is 0 Å². The number of carbonyl (C=O) groups excluding carboxylic acids is 1. The standard InChI is InChI=1S/C24H28N6O4S/c1-17(2)35(32,33)20-3-4-21-18(13-20)5-11-30(21)22-14-23(27-15-26-22)34-19-6-9-28(10-7-19)24(31)29-12-8-25-16-29/h3-4,8,12-17,19H,5-7,9-11H2,1-2H3. The van der Waals surface area contributed by atoms with Crippen molar-refractivity contribution < 1.29 is 17.9 Å². The van der Waals surface area contributed by atoms with Gasteiger partial charge in [-0.25, -0.2) is 28.2 Å². The van der Waals surface area contributed by atoms with Crippen molar-refractivity contribution in [2.45, 2.75) is 49.4 Å². The fourth-order valence-electron chi connectivity index (χ4n) is 4.48. The molecule has 2 aliphatic rings. The first-order valence-electron chi connectivity index (χ1n) is 11.7. The SMILES string of the molecule is CC(C)S(=O)(=O)c1ccc2c(c1)CCN2c1cc(OC2CCN(C(=O)n3ccnc3)CC2)ncn1. The van der Waals surface area contributed by atoms with Crippen molar-refractivity contribution >= 4 is 27.4 Å². The normalized spacial score (nSPS) is 16.5. The summed E-state index contributed by atoms with van der Waals surface area (Å²) in [5.41, 5.74) is 1.94. The Hall–Kier alpha value is -3.47. The number of anilines is 2. The fraction of sp³-hybridized carbons (Fsp3) is 0.417. The van der Waals surface area contributed by atoms with Crippen molar-refractivity contribution in [3.8, 4) is 5.88 Å². The molecular weight excluding hydrogens is 468 g/mol. The minimum absolute atomic E-state index is 0.0424. The summed E-state index contributed by atoms with van der Waals surface area (Å²) in [6, 6.07) is 7.04. The van der Waals surface area contributed by atoms with Crippen molar-refractivity contribution in [3.05, 3.63) is 54.9 Å². The number of hydrogen-bond acceptors (Lipinski definition) is 8. The summed E-state index contributed by atoms with van der Waals surface area (Å²) in [5.74, 6) is 1.20. The molecule has 1 saturated heterocycles. The lowest BCUT2D eigenvalue weighted by Gasteiger charge is -2.31. The molecule has 2 aliphatic heterocycles. The van der Waals surface area contributed by atoms with E-state index in [9.17, 15) is 13.2 Å². The molecule has 1 aromatic carbocycles. The number of aromatic nitrogens is 4. The Kier molecular flexibility index (Phi) is 6.18. The third kappa shape index (κ3) is 4.60. The van der Waals surface area contributed by atoms with E-state index in [0.717, 1.165) is 17.7 Å². The summed E-state index contributed by atoms with van der Waals surface area (Å²) in [6.45, 7) is 5.28. The average Bonchev–Trinajstić information content (AvgIpc) is 3.54. The van der Waals surface area contributed by atoms with E-state index in [1.165, 1.54) is 17.2 Å². The van der Waals surface area contributed by atoms with Crippen LogP contribution >= 0.6 is 0 Å². The molecule has 0 spiro atoms. The molecule has 0 bridgehead atoms. The number of nitrogens with zero attached hydrogens (tertiary/aromatic N) is 6. The number of hydrogen-bond donors (Lipinski definition) is 0. The molecule has 0 atom stereocenters. The number of carbonyl (C=O) groups is 1. The Morgan fingerprint density at radius 3 is 2.63 bits per heavy atom. The predicted octanol–water partition coefficient (Wildman–Crippen LogP) is 3.06. The van der Waals surface area contributed by atoms with Gasteiger partial charge in [0.1, 0.15) is 24.6 Å². The molecule has 35 heavy (non-hydrogen) atoms. The number of sulfone groups is 1. The third-order valence-electron chi connectivity index (χ3n) is 6.52. The Morgan fingerprint density at radius 2 is 1.91 bits per heavy atom. The monoisotopic (exact) mass is 496 g/mol. The van der Waals surface area contributed by atoms with E-state index in [1.54, 1.807) is 43.3 Å². The summed E-state index contributed by atoms with van der Waals surface area (Å²) in [4.78, 5) is 29.3. The second kappa shape index (κ2) is 9.29. The van der Waals surface area contributed by atoms with Crippen LogP contribution < -0.4 is 9.64 Å². The lowest BCUT2D eigenvalue weighted by atomic mass is 10.1. The highest BCUT2D eigenvalue weighted by Gasteiger charge is 2.28. The molecule has 1 fully saturated rings. The maximum atomic E-state index is 12.6. The molecule has 0 unspecified atom stereocenters. The predicted molar refractivity (Wildman–Crippen MR) is 130 cm³/mol. The van der Waals surface area contributed by atoms with Gasteiger partial charge in [0.25, 0.3) is 0 Å². The number of benzene rings is 1. The van der Waals surface area contributed by atoms with Crippen LogP contribution in [-0.2, 0) is 16.3 Å². The smallest absolute Gasteiger partial charge is 0.329 e. The minimum Gasteiger partial charge on any atom is -0.474 e. The number of likely N-dealkylation sites (tertiary alicyclic amines) is 1. The van der Waals surface area contributed by atoms with Gasteiger partial charge < -0.3 is 14.5 Å². The van der Waals surface area contributed by atoms with E-state index in [4.69, 9.17) is 4.74 Å². The molecule has 11 heteroatoms. The third-order valence-corrected chi connectivity index (χ3v) is 8.68. The van der Waals surface area contributed by atoms with Gasteiger partial charge in [0.15, 0.2) is 9.84 Å². The second-order valence-corrected chi connectivity index (χ2v) is 11.6. The van der Waals surface area contributed by atoms with Gasteiger partial charge in [-0.2, -0.15) is 0 Å². The number of piperidine rings is 1. The molecule has 3 aromatic rings.